The van der Waals surface area contributed by atoms with Crippen LogP contribution in [0.25, 0.3) is 32.3 Å². The summed E-state index contributed by atoms with van der Waals surface area (Å²) in [4.78, 5) is 0. The maximum Gasteiger partial charge on any atom is 0.126 e. The lowest BCUT2D eigenvalue weighted by Gasteiger charge is -2.28. The molecule has 1 unspecified atom stereocenters. The number of fused-ring (bicyclic) bond motifs is 6. The lowest BCUT2D eigenvalue weighted by Crippen LogP contribution is -2.26. The van der Waals surface area contributed by atoms with Crippen molar-refractivity contribution in [3.05, 3.63) is 83.9 Å². The second kappa shape index (κ2) is 7.45. The summed E-state index contributed by atoms with van der Waals surface area (Å²) in [6, 6.07) is 23.7. The summed E-state index contributed by atoms with van der Waals surface area (Å²) in [5.74, 6) is 0. The summed E-state index contributed by atoms with van der Waals surface area (Å²) in [6.07, 6.45) is 4.17. The quantitative estimate of drug-likeness (QED) is 0.213. The monoisotopic (exact) mass is 364 g/mol. The van der Waals surface area contributed by atoms with Crippen molar-refractivity contribution in [3.63, 3.8) is 0 Å². The van der Waals surface area contributed by atoms with Gasteiger partial charge in [0.15, 0.2) is 0 Å². The van der Waals surface area contributed by atoms with Crippen molar-refractivity contribution in [2.24, 2.45) is 0 Å². The van der Waals surface area contributed by atoms with E-state index in [9.17, 15) is 0 Å². The van der Waals surface area contributed by atoms with E-state index in [4.69, 9.17) is 12.6 Å². The van der Waals surface area contributed by atoms with E-state index in [0.29, 0.717) is 0 Å². The number of methoxy groups -OCH3 is 1. The molecule has 0 aliphatic carbocycles. The number of ether oxygens (including phenoxy) is 1. The van der Waals surface area contributed by atoms with E-state index in [1.54, 1.807) is 7.11 Å². The first-order chi connectivity index (χ1) is 13.6. The highest BCUT2D eigenvalue weighted by Gasteiger charge is 2.24. The number of benzene rings is 4. The Hall–Kier alpha value is -2.58. The molecule has 0 N–H and O–H groups in total. The zero-order chi connectivity index (χ0) is 19.7. The van der Waals surface area contributed by atoms with E-state index in [2.05, 4.69) is 86.7 Å². The average molecular weight is 364 g/mol. The molecule has 0 heterocycles. The van der Waals surface area contributed by atoms with Crippen LogP contribution >= 0.6 is 0 Å². The van der Waals surface area contributed by atoms with Crippen molar-refractivity contribution >= 4 is 40.2 Å². The van der Waals surface area contributed by atoms with Crippen LogP contribution in [0.3, 0.4) is 0 Å². The van der Waals surface area contributed by atoms with Crippen molar-refractivity contribution in [2.45, 2.75) is 32.2 Å². The van der Waals surface area contributed by atoms with E-state index in [-0.39, 0.29) is 0 Å². The van der Waals surface area contributed by atoms with Crippen LogP contribution in [0.5, 0.6) is 0 Å². The molecule has 4 aromatic carbocycles. The Bertz CT molecular complexity index is 1160. The Morgan fingerprint density at radius 1 is 0.857 bits per heavy atom. The van der Waals surface area contributed by atoms with Gasteiger partial charge in [-0.2, -0.15) is 0 Å². The van der Waals surface area contributed by atoms with Gasteiger partial charge in [0.25, 0.3) is 0 Å². The van der Waals surface area contributed by atoms with Gasteiger partial charge in [0.05, 0.1) is 5.50 Å². The normalized spacial score (nSPS) is 14.6. The number of allylic oxidation sites excluding steroid dienone is 1. The number of hydrogen-bond donors (Lipinski definition) is 0. The zero-order valence-electron chi connectivity index (χ0n) is 16.8. The molecule has 0 aliphatic heterocycles. The first kappa shape index (κ1) is 18.8. The second-order valence-electron chi connectivity index (χ2n) is 7.59. The SMILES string of the molecule is [B]C(C=C(C)CCC)(OC)c1ccc2c3ccccc3c3ccccc3c2c1. The van der Waals surface area contributed by atoms with E-state index < -0.39 is 5.50 Å². The summed E-state index contributed by atoms with van der Waals surface area (Å²) in [6.45, 7) is 4.30. The maximum atomic E-state index is 6.70. The van der Waals surface area contributed by atoms with Crippen molar-refractivity contribution in [3.8, 4) is 0 Å². The molecule has 0 aliphatic rings. The summed E-state index contributed by atoms with van der Waals surface area (Å²) in [7, 11) is 8.38. The lowest BCUT2D eigenvalue weighted by atomic mass is 9.73. The molecule has 0 amide bonds. The Balaban J connectivity index is 2.03. The van der Waals surface area contributed by atoms with Crippen LogP contribution in [0.4, 0.5) is 0 Å². The zero-order valence-corrected chi connectivity index (χ0v) is 16.8. The second-order valence-corrected chi connectivity index (χ2v) is 7.59. The number of hydrogen-bond acceptors (Lipinski definition) is 1. The highest BCUT2D eigenvalue weighted by molar-refractivity contribution is 6.25. The fourth-order valence-electron chi connectivity index (χ4n) is 4.24. The summed E-state index contributed by atoms with van der Waals surface area (Å²) >= 11 is 0. The van der Waals surface area contributed by atoms with E-state index in [0.717, 1.165) is 18.4 Å². The van der Waals surface area contributed by atoms with Gasteiger partial charge < -0.3 is 4.74 Å². The molecule has 4 rings (SSSR count). The first-order valence-corrected chi connectivity index (χ1v) is 9.93. The lowest BCUT2D eigenvalue weighted by molar-refractivity contribution is 0.102. The van der Waals surface area contributed by atoms with Crippen molar-refractivity contribution in [1.82, 2.24) is 0 Å². The molecule has 1 nitrogen and oxygen atoms in total. The molecule has 138 valence electrons. The summed E-state index contributed by atoms with van der Waals surface area (Å²) in [5.41, 5.74) is 1.29. The van der Waals surface area contributed by atoms with Crippen molar-refractivity contribution < 1.29 is 4.74 Å². The van der Waals surface area contributed by atoms with Crippen LogP contribution in [0.2, 0.25) is 0 Å². The Kier molecular flexibility index (Phi) is 4.99. The van der Waals surface area contributed by atoms with Gasteiger partial charge >= 0.3 is 0 Å². The molecule has 0 spiro atoms. The fraction of sp³-hybridized carbons (Fsp3) is 0.231. The highest BCUT2D eigenvalue weighted by atomic mass is 16.5. The average Bonchev–Trinajstić information content (AvgIpc) is 2.73. The molecule has 4 aromatic rings. The maximum absolute atomic E-state index is 6.70. The molecule has 1 atom stereocenters. The predicted octanol–water partition coefficient (Wildman–Crippen LogP) is 6.86. The molecule has 28 heavy (non-hydrogen) atoms. The van der Waals surface area contributed by atoms with Gasteiger partial charge in [0.1, 0.15) is 7.85 Å². The van der Waals surface area contributed by atoms with E-state index in [1.807, 2.05) is 0 Å². The van der Waals surface area contributed by atoms with Gasteiger partial charge in [0.2, 0.25) is 0 Å². The first-order valence-electron chi connectivity index (χ1n) is 9.93. The van der Waals surface area contributed by atoms with Crippen LogP contribution in [-0.4, -0.2) is 15.0 Å². The molecule has 0 saturated heterocycles. The van der Waals surface area contributed by atoms with Crippen molar-refractivity contribution in [2.75, 3.05) is 7.11 Å². The topological polar surface area (TPSA) is 9.23 Å². The third-order valence-corrected chi connectivity index (χ3v) is 5.64. The smallest absolute Gasteiger partial charge is 0.126 e. The minimum absolute atomic E-state index is 0.930. The molecule has 0 saturated carbocycles. The van der Waals surface area contributed by atoms with Gasteiger partial charge in [0, 0.05) is 7.11 Å². The van der Waals surface area contributed by atoms with Crippen LogP contribution in [0, 0.1) is 0 Å². The van der Waals surface area contributed by atoms with Gasteiger partial charge in [-0.15, -0.1) is 0 Å². The third-order valence-electron chi connectivity index (χ3n) is 5.64. The third kappa shape index (κ3) is 3.12. The predicted molar refractivity (Wildman–Crippen MR) is 122 cm³/mol. The fourth-order valence-corrected chi connectivity index (χ4v) is 4.24. The van der Waals surface area contributed by atoms with Gasteiger partial charge in [-0.25, -0.2) is 0 Å². The van der Waals surface area contributed by atoms with E-state index >= 15 is 0 Å². The molecule has 0 fully saturated rings. The summed E-state index contributed by atoms with van der Waals surface area (Å²) in [5, 5.41) is 7.50. The summed E-state index contributed by atoms with van der Waals surface area (Å²) < 4.78 is 5.79. The minimum Gasteiger partial charge on any atom is -0.380 e. The van der Waals surface area contributed by atoms with Crippen LogP contribution in [0.15, 0.2) is 78.4 Å². The van der Waals surface area contributed by atoms with Crippen LogP contribution in [-0.2, 0) is 10.2 Å². The van der Waals surface area contributed by atoms with Crippen LogP contribution in [0.1, 0.15) is 32.3 Å². The molecular weight excluding hydrogens is 339 g/mol. The Morgan fingerprint density at radius 2 is 1.36 bits per heavy atom. The Morgan fingerprint density at radius 3 is 1.86 bits per heavy atom. The molecule has 0 bridgehead atoms. The van der Waals surface area contributed by atoms with Crippen molar-refractivity contribution in [1.29, 1.82) is 0 Å². The van der Waals surface area contributed by atoms with Crippen LogP contribution < -0.4 is 0 Å². The van der Waals surface area contributed by atoms with Gasteiger partial charge in [-0.3, -0.25) is 0 Å². The molecule has 2 radical (unpaired) electrons. The van der Waals surface area contributed by atoms with Gasteiger partial charge in [-0.1, -0.05) is 85.7 Å². The van der Waals surface area contributed by atoms with E-state index in [1.165, 1.54) is 37.9 Å². The standard InChI is InChI=1S/C26H25BO/c1-4-9-18(2)17-26(27,28-3)19-14-15-24-22-12-6-5-10-20(22)21-11-7-8-13-23(21)25(24)16-19/h5-8,10-17H,4,9H2,1-3H3. The molecular formula is C26H25BO. The van der Waals surface area contributed by atoms with Gasteiger partial charge in [-0.05, 0) is 57.3 Å². The largest absolute Gasteiger partial charge is 0.380 e. The molecule has 2 heteroatoms. The Labute approximate surface area is 168 Å². The molecule has 0 aromatic heterocycles. The highest BCUT2D eigenvalue weighted by Crippen LogP contribution is 2.37. The minimum atomic E-state index is -0.930. The number of rotatable bonds is 5.